The molecule has 0 aliphatic rings. The van der Waals surface area contributed by atoms with Crippen molar-refractivity contribution in [2.75, 3.05) is 0 Å². The standard InChI is InChI=1S/3CH2O3.2Nd.2H2O/c3*2-1(3)4;;;;/h3*(H2,2,3,4);;;2*1H2/q;;;2*+3;;/p-6. The van der Waals surface area contributed by atoms with Gasteiger partial charge in [0.2, 0.25) is 0 Å². The van der Waals surface area contributed by atoms with E-state index in [4.69, 9.17) is 45.0 Å². The summed E-state index contributed by atoms with van der Waals surface area (Å²) in [5, 5.41) is 50.0. The Morgan fingerprint density at radius 3 is 0.500 bits per heavy atom. The van der Waals surface area contributed by atoms with Crippen LogP contribution < -0.4 is 30.6 Å². The molecule has 0 atom stereocenters. The molecule has 0 aromatic heterocycles. The molecule has 16 heavy (non-hydrogen) atoms. The van der Waals surface area contributed by atoms with E-state index in [1.54, 1.807) is 0 Å². The Morgan fingerprint density at radius 2 is 0.500 bits per heavy atom. The number of carbonyl (C=O) groups excluding carboxylic acids is 3. The molecule has 13 heteroatoms. The van der Waals surface area contributed by atoms with E-state index >= 15 is 0 Å². The van der Waals surface area contributed by atoms with Crippen molar-refractivity contribution in [3.05, 3.63) is 0 Å². The van der Waals surface area contributed by atoms with E-state index in [-0.39, 0.29) is 92.6 Å². The fraction of sp³-hybridized carbons (Fsp3) is 0. The zero-order valence-corrected chi connectivity index (χ0v) is 13.6. The monoisotopic (exact) mass is 500 g/mol. The quantitative estimate of drug-likeness (QED) is 0.303. The van der Waals surface area contributed by atoms with Crippen LogP contribution in [0.15, 0.2) is 0 Å². The first kappa shape index (κ1) is 44.0. The van der Waals surface area contributed by atoms with Crippen LogP contribution in [0.5, 0.6) is 0 Å². The summed E-state index contributed by atoms with van der Waals surface area (Å²) in [6, 6.07) is 0. The van der Waals surface area contributed by atoms with Crippen LogP contribution in [0.1, 0.15) is 0 Å². The average Bonchev–Trinajstić information content (AvgIpc) is 1.54. The summed E-state index contributed by atoms with van der Waals surface area (Å²) in [6.45, 7) is 0. The molecule has 0 aliphatic carbocycles. The van der Waals surface area contributed by atoms with Crippen molar-refractivity contribution < 1.29 is 138 Å². The van der Waals surface area contributed by atoms with Gasteiger partial charge in [-0.05, 0) is 18.5 Å². The molecule has 4 N–H and O–H groups in total. The maximum atomic E-state index is 8.33. The van der Waals surface area contributed by atoms with Crippen molar-refractivity contribution >= 4 is 18.5 Å². The summed E-state index contributed by atoms with van der Waals surface area (Å²) < 4.78 is 0. The summed E-state index contributed by atoms with van der Waals surface area (Å²) in [5.74, 6) is 0. The molecular formula is C3H4Nd2O11. The summed E-state index contributed by atoms with van der Waals surface area (Å²) in [5.41, 5.74) is 0. The van der Waals surface area contributed by atoms with Crippen molar-refractivity contribution in [2.24, 2.45) is 0 Å². The molecule has 2 radical (unpaired) electrons. The zero-order valence-electron chi connectivity index (χ0n) is 7.17. The van der Waals surface area contributed by atoms with E-state index < -0.39 is 18.5 Å². The third-order valence-corrected chi connectivity index (χ3v) is 0. The minimum Gasteiger partial charge on any atom is -0.652 e. The third-order valence-electron chi connectivity index (χ3n) is 0. The predicted octanol–water partition coefficient (Wildman–Crippen LogP) is -8.99. The second-order valence-electron chi connectivity index (χ2n) is 0.750. The van der Waals surface area contributed by atoms with E-state index in [2.05, 4.69) is 0 Å². The summed E-state index contributed by atoms with van der Waals surface area (Å²) >= 11 is 0. The number of carbonyl (C=O) groups is 3. The summed E-state index contributed by atoms with van der Waals surface area (Å²) in [6.07, 6.45) is -7.00. The van der Waals surface area contributed by atoms with Gasteiger partial charge in [0.05, 0.1) is 0 Å². The van der Waals surface area contributed by atoms with Crippen molar-refractivity contribution in [2.45, 2.75) is 0 Å². The van der Waals surface area contributed by atoms with Crippen LogP contribution in [0.2, 0.25) is 0 Å². The van der Waals surface area contributed by atoms with Crippen LogP contribution >= 0.6 is 0 Å². The van der Waals surface area contributed by atoms with Gasteiger partial charge in [-0.2, -0.15) is 0 Å². The Kier molecular flexibility index (Phi) is 99.3. The Bertz CT molecular complexity index is 117. The van der Waals surface area contributed by atoms with E-state index in [0.29, 0.717) is 0 Å². The Labute approximate surface area is 154 Å². The maximum Gasteiger partial charge on any atom is 3.00 e. The number of carboxylic acid groups (broad SMARTS) is 6. The Balaban J connectivity index is -0.0000000135. The second-order valence-corrected chi connectivity index (χ2v) is 0.750. The molecule has 0 unspecified atom stereocenters. The summed E-state index contributed by atoms with van der Waals surface area (Å²) in [4.78, 5) is 25.0. The van der Waals surface area contributed by atoms with Gasteiger partial charge in [0.15, 0.2) is 0 Å². The minimum atomic E-state index is -2.33. The molecule has 0 aromatic rings. The SMILES string of the molecule is O.O.O=C([O-])[O-].O=C([O-])[O-].O=C([O-])[O-].[Nd+3].[Nd+3]. The molecule has 0 amide bonds. The second kappa shape index (κ2) is 36.1. The van der Waals surface area contributed by atoms with Gasteiger partial charge in [0, 0.05) is 0 Å². The van der Waals surface area contributed by atoms with Crippen LogP contribution in [0.4, 0.5) is 14.4 Å². The third kappa shape index (κ3) is 14000. The predicted molar refractivity (Wildman–Crippen MR) is 23.4 cm³/mol. The van der Waals surface area contributed by atoms with Gasteiger partial charge in [-0.3, -0.25) is 0 Å². The van der Waals surface area contributed by atoms with Gasteiger partial charge in [0.1, 0.15) is 0 Å². The zero-order chi connectivity index (χ0) is 10.7. The van der Waals surface area contributed by atoms with E-state index in [0.717, 1.165) is 0 Å². The van der Waals surface area contributed by atoms with E-state index in [1.165, 1.54) is 0 Å². The van der Waals surface area contributed by atoms with Gasteiger partial charge in [-0.1, -0.05) is 0 Å². The van der Waals surface area contributed by atoms with Gasteiger partial charge < -0.3 is 56.0 Å². The molecule has 0 aromatic carbocycles. The molecular weight excluding hydrogens is 501 g/mol. The Hall–Kier alpha value is 0.431. The van der Waals surface area contributed by atoms with Gasteiger partial charge in [-0.25, -0.2) is 0 Å². The van der Waals surface area contributed by atoms with Crippen molar-refractivity contribution in [3.63, 3.8) is 0 Å². The normalized spacial score (nSPS) is 4.50. The van der Waals surface area contributed by atoms with E-state index in [9.17, 15) is 0 Å². The Morgan fingerprint density at radius 1 is 0.500 bits per heavy atom. The van der Waals surface area contributed by atoms with Crippen LogP contribution in [0.25, 0.3) is 0 Å². The molecule has 90 valence electrons. The fourth-order valence-electron chi connectivity index (χ4n) is 0. The molecule has 0 heterocycles. The topological polar surface area (TPSA) is 253 Å². The molecule has 0 rings (SSSR count). The largest absolute Gasteiger partial charge is 3.00 e. The minimum absolute atomic E-state index is 0. The van der Waals surface area contributed by atoms with Crippen molar-refractivity contribution in [1.82, 2.24) is 0 Å². The first-order valence-corrected chi connectivity index (χ1v) is 1.84. The van der Waals surface area contributed by atoms with Crippen LogP contribution in [-0.2, 0) is 0 Å². The van der Waals surface area contributed by atoms with Gasteiger partial charge in [-0.15, -0.1) is 0 Å². The van der Waals surface area contributed by atoms with Crippen LogP contribution in [0.3, 0.4) is 0 Å². The molecule has 0 bridgehead atoms. The van der Waals surface area contributed by atoms with Crippen LogP contribution in [-0.4, -0.2) is 29.4 Å². The maximum absolute atomic E-state index is 8.33. The number of rotatable bonds is 0. The van der Waals surface area contributed by atoms with Gasteiger partial charge in [0.25, 0.3) is 0 Å². The van der Waals surface area contributed by atoms with Crippen molar-refractivity contribution in [3.8, 4) is 0 Å². The average molecular weight is 505 g/mol. The van der Waals surface area contributed by atoms with Gasteiger partial charge >= 0.3 is 81.7 Å². The molecule has 0 spiro atoms. The molecule has 0 saturated heterocycles. The summed E-state index contributed by atoms with van der Waals surface area (Å²) in [7, 11) is 0. The number of hydrogen-bond acceptors (Lipinski definition) is 9. The smallest absolute Gasteiger partial charge is 0.652 e. The number of hydrogen-bond donors (Lipinski definition) is 0. The first-order chi connectivity index (χ1) is 5.20. The first-order valence-electron chi connectivity index (χ1n) is 1.84. The van der Waals surface area contributed by atoms with Crippen molar-refractivity contribution in [1.29, 1.82) is 0 Å². The molecule has 0 saturated carbocycles. The molecule has 11 nitrogen and oxygen atoms in total. The van der Waals surface area contributed by atoms with E-state index in [1.807, 2.05) is 0 Å². The molecule has 0 fully saturated rings. The van der Waals surface area contributed by atoms with Crippen LogP contribution in [0, 0.1) is 81.7 Å². The fourth-order valence-corrected chi connectivity index (χ4v) is 0. The molecule has 0 aliphatic heterocycles.